The Bertz CT molecular complexity index is 786. The van der Waals surface area contributed by atoms with Gasteiger partial charge in [0.25, 0.3) is 10.2 Å². The minimum absolute atomic E-state index is 0.408. The average molecular weight is 342 g/mol. The maximum absolute atomic E-state index is 12.9. The van der Waals surface area contributed by atoms with Gasteiger partial charge < -0.3 is 0 Å². The summed E-state index contributed by atoms with van der Waals surface area (Å²) >= 11 is 0. The zero-order valence-electron chi connectivity index (χ0n) is 13.6. The van der Waals surface area contributed by atoms with Crippen molar-refractivity contribution in [3.05, 3.63) is 77.9 Å². The van der Waals surface area contributed by atoms with E-state index in [-0.39, 0.29) is 0 Å². The van der Waals surface area contributed by atoms with Gasteiger partial charge in [-0.15, -0.1) is 0 Å². The fourth-order valence-electron chi connectivity index (χ4n) is 2.89. The Balaban J connectivity index is 1.74. The number of hydrogen-bond acceptors (Lipinski definition) is 2. The van der Waals surface area contributed by atoms with Crippen LogP contribution in [0.1, 0.15) is 23.1 Å². The first-order chi connectivity index (χ1) is 11.6. The molecule has 4 nitrogen and oxygen atoms in total. The third kappa shape index (κ3) is 3.75. The van der Waals surface area contributed by atoms with Crippen molar-refractivity contribution in [2.24, 2.45) is 0 Å². The van der Waals surface area contributed by atoms with E-state index in [4.69, 9.17) is 0 Å². The van der Waals surface area contributed by atoms with Crippen molar-refractivity contribution < 1.29 is 8.42 Å². The molecule has 0 atom stereocenters. The highest BCUT2D eigenvalue weighted by Gasteiger charge is 2.33. The third-order valence-electron chi connectivity index (χ3n) is 4.24. The summed E-state index contributed by atoms with van der Waals surface area (Å²) in [5, 5.41) is 0. The van der Waals surface area contributed by atoms with Crippen LogP contribution in [0.25, 0.3) is 6.08 Å². The lowest BCUT2D eigenvalue weighted by molar-refractivity contribution is 0.276. The number of hydrogen-bond donors (Lipinski definition) is 0. The van der Waals surface area contributed by atoms with E-state index in [0.717, 1.165) is 23.1 Å². The van der Waals surface area contributed by atoms with Crippen LogP contribution < -0.4 is 0 Å². The summed E-state index contributed by atoms with van der Waals surface area (Å²) in [5.74, 6) is 0. The Kier molecular flexibility index (Phi) is 5.14. The summed E-state index contributed by atoms with van der Waals surface area (Å²) in [5.41, 5.74) is 3.04. The molecule has 126 valence electrons. The Labute approximate surface area is 144 Å². The normalized spacial score (nSPS) is 18.3. The van der Waals surface area contributed by atoms with Gasteiger partial charge in [-0.25, -0.2) is 0 Å². The molecule has 0 bridgehead atoms. The summed E-state index contributed by atoms with van der Waals surface area (Å²) in [6.07, 6.45) is 2.62. The standard InChI is InChI=1S/C19H22N2O2S/c1-2-17-9-11-19(12-10-17)16-21-14-6-13-20(24(21,22)23)15-18-7-4-3-5-8-18/h2-5,7-12H,1,6,13-16H2. The Morgan fingerprint density at radius 2 is 1.42 bits per heavy atom. The number of rotatable bonds is 5. The molecule has 24 heavy (non-hydrogen) atoms. The van der Waals surface area contributed by atoms with Crippen molar-refractivity contribution in [2.45, 2.75) is 19.5 Å². The molecule has 0 saturated carbocycles. The summed E-state index contributed by atoms with van der Waals surface area (Å²) in [6.45, 7) is 5.71. The van der Waals surface area contributed by atoms with Crippen LogP contribution in [0.5, 0.6) is 0 Å². The molecule has 1 aliphatic heterocycles. The van der Waals surface area contributed by atoms with E-state index in [2.05, 4.69) is 6.58 Å². The van der Waals surface area contributed by atoms with Gasteiger partial charge >= 0.3 is 0 Å². The van der Waals surface area contributed by atoms with Crippen LogP contribution in [0.4, 0.5) is 0 Å². The molecule has 0 amide bonds. The second-order valence-corrected chi connectivity index (χ2v) is 7.89. The summed E-state index contributed by atoms with van der Waals surface area (Å²) in [7, 11) is -3.43. The van der Waals surface area contributed by atoms with Crippen molar-refractivity contribution >= 4 is 16.3 Å². The van der Waals surface area contributed by atoms with E-state index in [0.29, 0.717) is 26.2 Å². The molecule has 2 aromatic carbocycles. The average Bonchev–Trinajstić information content (AvgIpc) is 2.60. The Morgan fingerprint density at radius 3 is 1.96 bits per heavy atom. The SMILES string of the molecule is C=Cc1ccc(CN2CCCN(Cc3ccccc3)S2(=O)=O)cc1. The van der Waals surface area contributed by atoms with Gasteiger partial charge in [-0.05, 0) is 23.1 Å². The topological polar surface area (TPSA) is 40.6 Å². The predicted octanol–water partition coefficient (Wildman–Crippen LogP) is 3.28. The molecule has 2 aromatic rings. The quantitative estimate of drug-likeness (QED) is 0.837. The largest absolute Gasteiger partial charge is 0.282 e. The van der Waals surface area contributed by atoms with Gasteiger partial charge in [-0.2, -0.15) is 17.0 Å². The van der Waals surface area contributed by atoms with E-state index in [9.17, 15) is 8.42 Å². The summed E-state index contributed by atoms with van der Waals surface area (Å²) in [4.78, 5) is 0. The van der Waals surface area contributed by atoms with Gasteiger partial charge in [0.15, 0.2) is 0 Å². The second-order valence-electron chi connectivity index (χ2n) is 5.96. The monoisotopic (exact) mass is 342 g/mol. The smallest absolute Gasteiger partial charge is 0.195 e. The van der Waals surface area contributed by atoms with Crippen LogP contribution >= 0.6 is 0 Å². The first-order valence-corrected chi connectivity index (χ1v) is 9.50. The van der Waals surface area contributed by atoms with E-state index in [1.165, 1.54) is 0 Å². The minimum atomic E-state index is -3.43. The molecule has 0 spiro atoms. The summed E-state index contributed by atoms with van der Waals surface area (Å²) in [6, 6.07) is 17.6. The number of nitrogens with zero attached hydrogens (tertiary/aromatic N) is 2. The van der Waals surface area contributed by atoms with Crippen LogP contribution in [0.15, 0.2) is 61.2 Å². The highest BCUT2D eigenvalue weighted by Crippen LogP contribution is 2.21. The van der Waals surface area contributed by atoms with Crippen molar-refractivity contribution in [3.8, 4) is 0 Å². The number of benzene rings is 2. The van der Waals surface area contributed by atoms with Crippen molar-refractivity contribution in [1.82, 2.24) is 8.61 Å². The molecular weight excluding hydrogens is 320 g/mol. The lowest BCUT2D eigenvalue weighted by atomic mass is 10.1. The molecule has 5 heteroatoms. The summed E-state index contributed by atoms with van der Waals surface area (Å²) < 4.78 is 28.9. The van der Waals surface area contributed by atoms with E-state index in [1.807, 2.05) is 54.6 Å². The lowest BCUT2D eigenvalue weighted by Crippen LogP contribution is -2.48. The predicted molar refractivity (Wildman–Crippen MR) is 97.3 cm³/mol. The first kappa shape index (κ1) is 16.9. The van der Waals surface area contributed by atoms with Crippen molar-refractivity contribution in [1.29, 1.82) is 0 Å². The maximum Gasteiger partial charge on any atom is 0.282 e. The highest BCUT2D eigenvalue weighted by molar-refractivity contribution is 7.86. The first-order valence-electron chi connectivity index (χ1n) is 8.10. The minimum Gasteiger partial charge on any atom is -0.195 e. The molecule has 1 heterocycles. The molecule has 0 N–H and O–H groups in total. The fourth-order valence-corrected chi connectivity index (χ4v) is 4.56. The van der Waals surface area contributed by atoms with Gasteiger partial charge in [0, 0.05) is 26.2 Å². The molecule has 3 rings (SSSR count). The maximum atomic E-state index is 12.9. The van der Waals surface area contributed by atoms with Crippen LogP contribution in [0.2, 0.25) is 0 Å². The van der Waals surface area contributed by atoms with E-state index in [1.54, 1.807) is 14.7 Å². The van der Waals surface area contributed by atoms with E-state index >= 15 is 0 Å². The zero-order valence-corrected chi connectivity index (χ0v) is 14.5. The van der Waals surface area contributed by atoms with Gasteiger partial charge in [0.2, 0.25) is 0 Å². The zero-order chi connectivity index (χ0) is 17.0. The molecule has 1 saturated heterocycles. The molecule has 1 aliphatic rings. The van der Waals surface area contributed by atoms with Crippen molar-refractivity contribution in [2.75, 3.05) is 13.1 Å². The molecule has 0 unspecified atom stereocenters. The van der Waals surface area contributed by atoms with Gasteiger partial charge in [-0.1, -0.05) is 67.3 Å². The van der Waals surface area contributed by atoms with Crippen LogP contribution in [-0.2, 0) is 23.3 Å². The third-order valence-corrected chi connectivity index (χ3v) is 6.17. The van der Waals surface area contributed by atoms with Gasteiger partial charge in [0.1, 0.15) is 0 Å². The van der Waals surface area contributed by atoms with Gasteiger partial charge in [0.05, 0.1) is 0 Å². The van der Waals surface area contributed by atoms with Crippen LogP contribution in [-0.4, -0.2) is 30.1 Å². The molecule has 1 fully saturated rings. The second kappa shape index (κ2) is 7.30. The molecular formula is C19H22N2O2S. The lowest BCUT2D eigenvalue weighted by Gasteiger charge is -2.34. The highest BCUT2D eigenvalue weighted by atomic mass is 32.2. The Morgan fingerprint density at radius 1 is 0.875 bits per heavy atom. The molecule has 0 aliphatic carbocycles. The van der Waals surface area contributed by atoms with Crippen molar-refractivity contribution in [3.63, 3.8) is 0 Å². The van der Waals surface area contributed by atoms with Gasteiger partial charge in [-0.3, -0.25) is 0 Å². The Hall–Kier alpha value is -1.95. The molecule has 0 radical (unpaired) electrons. The van der Waals surface area contributed by atoms with E-state index < -0.39 is 10.2 Å². The van der Waals surface area contributed by atoms with Crippen LogP contribution in [0.3, 0.4) is 0 Å². The fraction of sp³-hybridized carbons (Fsp3) is 0.263. The van der Waals surface area contributed by atoms with Crippen LogP contribution in [0, 0.1) is 0 Å². The molecule has 0 aromatic heterocycles.